The molecule has 4 heterocycles. The highest BCUT2D eigenvalue weighted by Gasteiger charge is 2.26. The van der Waals surface area contributed by atoms with E-state index in [4.69, 9.17) is 9.40 Å². The van der Waals surface area contributed by atoms with Gasteiger partial charge in [0.05, 0.1) is 5.39 Å². The standard InChI is InChI=1S/C23H25N5O3/c1-16-14-21(26-8-4-5-9-26)25-23(24-16)28-12-10-27(11-13-28)22(30)20-15-18(29)17-6-2-3-7-19(17)31-20/h2-3,6-7,14-15H,4-5,8-13H2,1H3. The highest BCUT2D eigenvalue weighted by molar-refractivity contribution is 5.93. The number of rotatable bonds is 3. The highest BCUT2D eigenvalue weighted by atomic mass is 16.3. The van der Waals surface area contributed by atoms with Gasteiger partial charge in [-0.3, -0.25) is 9.59 Å². The number of nitrogens with zero attached hydrogens (tertiary/aromatic N) is 5. The van der Waals surface area contributed by atoms with Gasteiger partial charge in [0.25, 0.3) is 5.91 Å². The summed E-state index contributed by atoms with van der Waals surface area (Å²) in [5.41, 5.74) is 1.18. The fraction of sp³-hybridized carbons (Fsp3) is 0.391. The number of piperazine rings is 1. The SMILES string of the molecule is Cc1cc(N2CCCC2)nc(N2CCN(C(=O)c3cc(=O)c4ccccc4o3)CC2)n1. The molecule has 2 aromatic heterocycles. The van der Waals surface area contributed by atoms with Crippen LogP contribution in [0.5, 0.6) is 0 Å². The number of aryl methyl sites for hydroxylation is 1. The van der Waals surface area contributed by atoms with Crippen LogP contribution in [0.25, 0.3) is 11.0 Å². The fourth-order valence-corrected chi connectivity index (χ4v) is 4.26. The topological polar surface area (TPSA) is 82.8 Å². The van der Waals surface area contributed by atoms with Crippen LogP contribution in [0, 0.1) is 6.92 Å². The van der Waals surface area contributed by atoms with Gasteiger partial charge in [0.15, 0.2) is 11.2 Å². The zero-order chi connectivity index (χ0) is 21.4. The smallest absolute Gasteiger partial charge is 0.289 e. The summed E-state index contributed by atoms with van der Waals surface area (Å²) in [4.78, 5) is 40.9. The molecule has 2 aliphatic rings. The van der Waals surface area contributed by atoms with Crippen LogP contribution in [-0.4, -0.2) is 60.0 Å². The largest absolute Gasteiger partial charge is 0.451 e. The van der Waals surface area contributed by atoms with E-state index in [1.807, 2.05) is 13.0 Å². The number of para-hydroxylation sites is 1. The Bertz CT molecular complexity index is 1180. The lowest BCUT2D eigenvalue weighted by molar-refractivity contribution is 0.0714. The minimum atomic E-state index is -0.259. The minimum absolute atomic E-state index is 0.0836. The van der Waals surface area contributed by atoms with E-state index in [2.05, 4.69) is 14.8 Å². The first kappa shape index (κ1) is 19.5. The van der Waals surface area contributed by atoms with Crippen molar-refractivity contribution < 1.29 is 9.21 Å². The molecule has 31 heavy (non-hydrogen) atoms. The molecule has 0 bridgehead atoms. The van der Waals surface area contributed by atoms with E-state index in [1.165, 1.54) is 18.9 Å². The molecule has 0 saturated carbocycles. The van der Waals surface area contributed by atoms with Gasteiger partial charge in [0.2, 0.25) is 5.95 Å². The lowest BCUT2D eigenvalue weighted by atomic mass is 10.2. The Morgan fingerprint density at radius 2 is 1.68 bits per heavy atom. The third-order valence-corrected chi connectivity index (χ3v) is 5.95. The summed E-state index contributed by atoms with van der Waals surface area (Å²) in [7, 11) is 0. The second-order valence-electron chi connectivity index (χ2n) is 8.11. The molecule has 0 N–H and O–H groups in total. The number of anilines is 2. The minimum Gasteiger partial charge on any atom is -0.451 e. The molecule has 2 saturated heterocycles. The van der Waals surface area contributed by atoms with Crippen LogP contribution in [0.15, 0.2) is 45.6 Å². The van der Waals surface area contributed by atoms with Crippen molar-refractivity contribution in [3.05, 3.63) is 58.1 Å². The zero-order valence-electron chi connectivity index (χ0n) is 17.6. The third kappa shape index (κ3) is 3.85. The second-order valence-corrected chi connectivity index (χ2v) is 8.11. The average molecular weight is 419 g/mol. The van der Waals surface area contributed by atoms with Gasteiger partial charge in [-0.05, 0) is 31.9 Å². The van der Waals surface area contributed by atoms with Crippen molar-refractivity contribution in [2.45, 2.75) is 19.8 Å². The first-order chi connectivity index (χ1) is 15.1. The van der Waals surface area contributed by atoms with E-state index < -0.39 is 0 Å². The van der Waals surface area contributed by atoms with Gasteiger partial charge in [-0.2, -0.15) is 4.98 Å². The Kier molecular flexibility index (Phi) is 5.05. The first-order valence-electron chi connectivity index (χ1n) is 10.8. The summed E-state index contributed by atoms with van der Waals surface area (Å²) in [6, 6.07) is 10.3. The Labute approximate surface area is 180 Å². The van der Waals surface area contributed by atoms with Crippen LogP contribution >= 0.6 is 0 Å². The Morgan fingerprint density at radius 3 is 2.45 bits per heavy atom. The molecule has 8 nitrogen and oxygen atoms in total. The molecule has 8 heteroatoms. The molecule has 0 unspecified atom stereocenters. The van der Waals surface area contributed by atoms with Gasteiger partial charge >= 0.3 is 0 Å². The van der Waals surface area contributed by atoms with Gasteiger partial charge in [0.1, 0.15) is 11.4 Å². The van der Waals surface area contributed by atoms with Crippen molar-refractivity contribution in [2.75, 3.05) is 49.1 Å². The molecule has 1 amide bonds. The molecule has 5 rings (SSSR count). The van der Waals surface area contributed by atoms with Crippen molar-refractivity contribution >= 4 is 28.6 Å². The van der Waals surface area contributed by atoms with Gasteiger partial charge in [0, 0.05) is 57.1 Å². The molecule has 2 fully saturated rings. The number of fused-ring (bicyclic) bond motifs is 1. The van der Waals surface area contributed by atoms with Crippen molar-refractivity contribution in [3.8, 4) is 0 Å². The van der Waals surface area contributed by atoms with Gasteiger partial charge in [-0.15, -0.1) is 0 Å². The van der Waals surface area contributed by atoms with Crippen molar-refractivity contribution in [3.63, 3.8) is 0 Å². The van der Waals surface area contributed by atoms with Crippen LogP contribution in [0.3, 0.4) is 0 Å². The number of hydrogen-bond donors (Lipinski definition) is 0. The van der Waals surface area contributed by atoms with E-state index >= 15 is 0 Å². The molecule has 1 aromatic carbocycles. The maximum absolute atomic E-state index is 13.0. The Balaban J connectivity index is 1.30. The van der Waals surface area contributed by atoms with Crippen molar-refractivity contribution in [1.82, 2.24) is 14.9 Å². The van der Waals surface area contributed by atoms with Crippen LogP contribution in [0.4, 0.5) is 11.8 Å². The summed E-state index contributed by atoms with van der Waals surface area (Å²) in [6.45, 7) is 6.37. The van der Waals surface area contributed by atoms with Crippen LogP contribution in [-0.2, 0) is 0 Å². The second kappa shape index (κ2) is 8.02. The van der Waals surface area contributed by atoms with Crippen LogP contribution in [0.2, 0.25) is 0 Å². The molecule has 0 aliphatic carbocycles. The maximum atomic E-state index is 13.0. The van der Waals surface area contributed by atoms with Crippen molar-refractivity contribution in [2.24, 2.45) is 0 Å². The number of amides is 1. The summed E-state index contributed by atoms with van der Waals surface area (Å²) in [5, 5.41) is 0.481. The van der Waals surface area contributed by atoms with Crippen LogP contribution in [0.1, 0.15) is 29.1 Å². The number of carbonyl (C=O) groups is 1. The first-order valence-corrected chi connectivity index (χ1v) is 10.8. The highest BCUT2D eigenvalue weighted by Crippen LogP contribution is 2.22. The maximum Gasteiger partial charge on any atom is 0.289 e. The van der Waals surface area contributed by atoms with Crippen molar-refractivity contribution in [1.29, 1.82) is 0 Å². The lowest BCUT2D eigenvalue weighted by Crippen LogP contribution is -2.49. The Morgan fingerprint density at radius 1 is 0.935 bits per heavy atom. The predicted molar refractivity (Wildman–Crippen MR) is 119 cm³/mol. The van der Waals surface area contributed by atoms with Crippen LogP contribution < -0.4 is 15.2 Å². The monoisotopic (exact) mass is 419 g/mol. The molecular weight excluding hydrogens is 394 g/mol. The third-order valence-electron chi connectivity index (χ3n) is 5.95. The quantitative estimate of drug-likeness (QED) is 0.645. The number of carbonyl (C=O) groups excluding carboxylic acids is 1. The molecule has 0 atom stereocenters. The normalized spacial score (nSPS) is 16.9. The fourth-order valence-electron chi connectivity index (χ4n) is 4.26. The zero-order valence-corrected chi connectivity index (χ0v) is 17.6. The summed E-state index contributed by atoms with van der Waals surface area (Å²) < 4.78 is 5.72. The van der Waals surface area contributed by atoms with E-state index in [1.54, 1.807) is 29.2 Å². The molecule has 0 spiro atoms. The summed E-state index contributed by atoms with van der Waals surface area (Å²) in [5.74, 6) is 1.52. The van der Waals surface area contributed by atoms with E-state index in [0.717, 1.165) is 24.6 Å². The average Bonchev–Trinajstić information content (AvgIpc) is 3.33. The molecule has 3 aromatic rings. The molecule has 160 valence electrons. The van der Waals surface area contributed by atoms with Gasteiger partial charge in [-0.1, -0.05) is 12.1 Å². The number of benzene rings is 1. The Hall–Kier alpha value is -3.42. The van der Waals surface area contributed by atoms with E-state index in [-0.39, 0.29) is 17.1 Å². The van der Waals surface area contributed by atoms with E-state index in [9.17, 15) is 9.59 Å². The molecular formula is C23H25N5O3. The molecule has 0 radical (unpaired) electrons. The number of aromatic nitrogens is 2. The van der Waals surface area contributed by atoms with Gasteiger partial charge in [-0.25, -0.2) is 4.98 Å². The molecule has 2 aliphatic heterocycles. The summed E-state index contributed by atoms with van der Waals surface area (Å²) >= 11 is 0. The number of hydrogen-bond acceptors (Lipinski definition) is 7. The van der Waals surface area contributed by atoms with Gasteiger partial charge < -0.3 is 19.1 Å². The lowest BCUT2D eigenvalue weighted by Gasteiger charge is -2.34. The predicted octanol–water partition coefficient (Wildman–Crippen LogP) is 2.45. The van der Waals surface area contributed by atoms with E-state index in [0.29, 0.717) is 43.1 Å². The summed E-state index contributed by atoms with van der Waals surface area (Å²) in [6.07, 6.45) is 2.40.